The number of nitrogen functional groups attached to an aromatic ring is 1. The molecule has 0 bridgehead atoms. The Morgan fingerprint density at radius 3 is 2.31 bits per heavy atom. The number of hydrogen-bond donors (Lipinski definition) is 2. The van der Waals surface area contributed by atoms with Crippen LogP contribution >= 0.6 is 11.8 Å². The number of nitrogens with two attached hydrogens (primary N) is 1. The van der Waals surface area contributed by atoms with Gasteiger partial charge in [-0.25, -0.2) is 9.97 Å². The van der Waals surface area contributed by atoms with Gasteiger partial charge in [0.25, 0.3) is 0 Å². The molecule has 0 saturated heterocycles. The van der Waals surface area contributed by atoms with Crippen LogP contribution in [-0.4, -0.2) is 26.9 Å². The van der Waals surface area contributed by atoms with Crippen LogP contribution in [0.3, 0.4) is 0 Å². The molecule has 2 rings (SSSR count). The van der Waals surface area contributed by atoms with Crippen molar-refractivity contribution in [2.75, 3.05) is 11.1 Å². The predicted molar refractivity (Wildman–Crippen MR) is 105 cm³/mol. The molecular weight excluding hydrogens is 348 g/mol. The van der Waals surface area contributed by atoms with Crippen molar-refractivity contribution in [2.45, 2.75) is 45.0 Å². The third-order valence-electron chi connectivity index (χ3n) is 3.61. The standard InChI is InChI=1S/C19H24N4O2S/c1-11-10-15(20)23-18(21-11)26-12(2)16(24)13-6-8-14(9-7-13)22-17(25)19(3,4)5/h6-10,12H,1-5H3,(H,22,25)(H2,20,21,23). The molecule has 1 heterocycles. The van der Waals surface area contributed by atoms with E-state index in [1.54, 1.807) is 30.3 Å². The molecule has 6 nitrogen and oxygen atoms in total. The Morgan fingerprint density at radius 2 is 1.77 bits per heavy atom. The van der Waals surface area contributed by atoms with Crippen molar-refractivity contribution in [1.82, 2.24) is 9.97 Å². The molecule has 0 aliphatic heterocycles. The van der Waals surface area contributed by atoms with Gasteiger partial charge in [-0.3, -0.25) is 9.59 Å². The van der Waals surface area contributed by atoms with Crippen molar-refractivity contribution in [3.63, 3.8) is 0 Å². The summed E-state index contributed by atoms with van der Waals surface area (Å²) in [6.07, 6.45) is 0. The third-order valence-corrected chi connectivity index (χ3v) is 4.57. The van der Waals surface area contributed by atoms with Gasteiger partial charge in [-0.15, -0.1) is 0 Å². The Labute approximate surface area is 158 Å². The normalized spacial score (nSPS) is 12.5. The van der Waals surface area contributed by atoms with Gasteiger partial charge in [-0.2, -0.15) is 0 Å². The van der Waals surface area contributed by atoms with Crippen molar-refractivity contribution in [2.24, 2.45) is 5.41 Å². The fourth-order valence-electron chi connectivity index (χ4n) is 2.10. The van der Waals surface area contributed by atoms with Gasteiger partial charge in [-0.1, -0.05) is 32.5 Å². The molecule has 1 unspecified atom stereocenters. The number of carbonyl (C=O) groups is 2. The summed E-state index contributed by atoms with van der Waals surface area (Å²) in [5, 5.41) is 2.97. The number of carbonyl (C=O) groups excluding carboxylic acids is 2. The van der Waals surface area contributed by atoms with Gasteiger partial charge in [0.15, 0.2) is 10.9 Å². The highest BCUT2D eigenvalue weighted by atomic mass is 32.2. The number of aryl methyl sites for hydroxylation is 1. The second-order valence-electron chi connectivity index (χ2n) is 7.12. The van der Waals surface area contributed by atoms with E-state index in [9.17, 15) is 9.59 Å². The molecule has 138 valence electrons. The van der Waals surface area contributed by atoms with E-state index in [2.05, 4.69) is 15.3 Å². The van der Waals surface area contributed by atoms with Crippen molar-refractivity contribution in [3.05, 3.63) is 41.6 Å². The number of aromatic nitrogens is 2. The number of ketones is 1. The van der Waals surface area contributed by atoms with Crippen molar-refractivity contribution in [1.29, 1.82) is 0 Å². The molecule has 1 atom stereocenters. The second-order valence-corrected chi connectivity index (χ2v) is 8.43. The molecule has 7 heteroatoms. The van der Waals surface area contributed by atoms with Crippen LogP contribution in [-0.2, 0) is 4.79 Å². The first-order chi connectivity index (χ1) is 12.1. The van der Waals surface area contributed by atoms with Crippen LogP contribution in [0, 0.1) is 12.3 Å². The zero-order valence-electron chi connectivity index (χ0n) is 15.7. The van der Waals surface area contributed by atoms with E-state index >= 15 is 0 Å². The molecular formula is C19H24N4O2S. The van der Waals surface area contributed by atoms with E-state index in [0.29, 0.717) is 22.2 Å². The number of amides is 1. The number of benzene rings is 1. The van der Waals surface area contributed by atoms with Crippen LogP contribution < -0.4 is 11.1 Å². The minimum absolute atomic E-state index is 0.0348. The maximum atomic E-state index is 12.6. The lowest BCUT2D eigenvalue weighted by molar-refractivity contribution is -0.123. The maximum Gasteiger partial charge on any atom is 0.229 e. The summed E-state index contributed by atoms with van der Waals surface area (Å²) in [6.45, 7) is 9.18. The zero-order chi connectivity index (χ0) is 19.5. The fourth-order valence-corrected chi connectivity index (χ4v) is 3.01. The van der Waals surface area contributed by atoms with Crippen molar-refractivity contribution < 1.29 is 9.59 Å². The Hall–Kier alpha value is -2.41. The van der Waals surface area contributed by atoms with Gasteiger partial charge in [0.05, 0.1) is 5.25 Å². The molecule has 0 spiro atoms. The lowest BCUT2D eigenvalue weighted by Gasteiger charge is -2.17. The average Bonchev–Trinajstić information content (AvgIpc) is 2.53. The smallest absolute Gasteiger partial charge is 0.229 e. The molecule has 26 heavy (non-hydrogen) atoms. The summed E-state index contributed by atoms with van der Waals surface area (Å²) in [5.41, 5.74) is 7.24. The number of hydrogen-bond acceptors (Lipinski definition) is 6. The highest BCUT2D eigenvalue weighted by Crippen LogP contribution is 2.24. The van der Waals surface area contributed by atoms with E-state index in [1.807, 2.05) is 34.6 Å². The number of nitrogens with one attached hydrogen (secondary N) is 1. The number of Topliss-reactive ketones (excluding diaryl/α,β-unsaturated/α-hetero) is 1. The third kappa shape index (κ3) is 5.29. The van der Waals surface area contributed by atoms with Crippen molar-refractivity contribution in [3.8, 4) is 0 Å². The molecule has 1 aromatic heterocycles. The van der Waals surface area contributed by atoms with Gasteiger partial charge in [0, 0.05) is 28.4 Å². The molecule has 3 N–H and O–H groups in total. The predicted octanol–water partition coefficient (Wildman–Crippen LogP) is 3.72. The summed E-state index contributed by atoms with van der Waals surface area (Å²) < 4.78 is 0. The first kappa shape index (κ1) is 19.9. The minimum Gasteiger partial charge on any atom is -0.384 e. The Bertz CT molecular complexity index is 793. The molecule has 1 aromatic carbocycles. The average molecular weight is 372 g/mol. The molecule has 0 aliphatic carbocycles. The number of rotatable bonds is 5. The summed E-state index contributed by atoms with van der Waals surface area (Å²) >= 11 is 1.27. The van der Waals surface area contributed by atoms with E-state index in [0.717, 1.165) is 5.69 Å². The SMILES string of the molecule is Cc1cc(N)nc(SC(C)C(=O)c2ccc(NC(=O)C(C)(C)C)cc2)n1. The molecule has 0 saturated carbocycles. The van der Waals surface area contributed by atoms with Crippen LogP contribution in [0.1, 0.15) is 43.7 Å². The van der Waals surface area contributed by atoms with Crippen LogP contribution in [0.5, 0.6) is 0 Å². The minimum atomic E-state index is -0.477. The highest BCUT2D eigenvalue weighted by molar-refractivity contribution is 8.00. The summed E-state index contributed by atoms with van der Waals surface area (Å²) in [6, 6.07) is 8.57. The molecule has 0 fully saturated rings. The molecule has 0 aliphatic rings. The number of thioether (sulfide) groups is 1. The Morgan fingerprint density at radius 1 is 1.15 bits per heavy atom. The summed E-state index contributed by atoms with van der Waals surface area (Å²) in [4.78, 5) is 33.1. The van der Waals surface area contributed by atoms with Gasteiger partial charge >= 0.3 is 0 Å². The lowest BCUT2D eigenvalue weighted by atomic mass is 9.95. The Kier molecular flexibility index (Phi) is 6.02. The largest absolute Gasteiger partial charge is 0.384 e. The first-order valence-corrected chi connectivity index (χ1v) is 9.18. The first-order valence-electron chi connectivity index (χ1n) is 8.30. The monoisotopic (exact) mass is 372 g/mol. The second kappa shape index (κ2) is 7.86. The number of anilines is 2. The molecule has 2 aromatic rings. The summed E-state index contributed by atoms with van der Waals surface area (Å²) in [7, 11) is 0. The van der Waals surface area contributed by atoms with Crippen LogP contribution in [0.25, 0.3) is 0 Å². The zero-order valence-corrected chi connectivity index (χ0v) is 16.5. The van der Waals surface area contributed by atoms with E-state index < -0.39 is 5.41 Å². The van der Waals surface area contributed by atoms with E-state index in [4.69, 9.17) is 5.73 Å². The molecule has 1 amide bonds. The number of nitrogens with zero attached hydrogens (tertiary/aromatic N) is 2. The van der Waals surface area contributed by atoms with Crippen LogP contribution in [0.2, 0.25) is 0 Å². The summed E-state index contributed by atoms with van der Waals surface area (Å²) in [5.74, 6) is 0.278. The van der Waals surface area contributed by atoms with Gasteiger partial charge < -0.3 is 11.1 Å². The topological polar surface area (TPSA) is 98.0 Å². The van der Waals surface area contributed by atoms with E-state index in [1.165, 1.54) is 11.8 Å². The quantitative estimate of drug-likeness (QED) is 0.472. The van der Waals surface area contributed by atoms with Gasteiger partial charge in [0.2, 0.25) is 5.91 Å². The highest BCUT2D eigenvalue weighted by Gasteiger charge is 2.22. The lowest BCUT2D eigenvalue weighted by Crippen LogP contribution is -2.27. The van der Waals surface area contributed by atoms with Crippen LogP contribution in [0.15, 0.2) is 35.5 Å². The molecule has 0 radical (unpaired) electrons. The maximum absolute atomic E-state index is 12.6. The Balaban J connectivity index is 2.05. The van der Waals surface area contributed by atoms with Gasteiger partial charge in [0.1, 0.15) is 5.82 Å². The fraction of sp³-hybridized carbons (Fsp3) is 0.368. The van der Waals surface area contributed by atoms with E-state index in [-0.39, 0.29) is 16.9 Å². The van der Waals surface area contributed by atoms with Crippen LogP contribution in [0.4, 0.5) is 11.5 Å². The van der Waals surface area contributed by atoms with Crippen molar-refractivity contribution >= 4 is 35.0 Å². The van der Waals surface area contributed by atoms with Gasteiger partial charge in [-0.05, 0) is 38.1 Å².